The topological polar surface area (TPSA) is 38.3 Å². The molecule has 1 N–H and O–H groups in total. The van der Waals surface area contributed by atoms with E-state index in [1.54, 1.807) is 0 Å². The summed E-state index contributed by atoms with van der Waals surface area (Å²) < 4.78 is 5.88. The number of hydrogen-bond donors (Lipinski definition) is 1. The summed E-state index contributed by atoms with van der Waals surface area (Å²) in [7, 11) is 0. The third kappa shape index (κ3) is 4.05. The zero-order valence-electron chi connectivity index (χ0n) is 14.2. The van der Waals surface area contributed by atoms with E-state index < -0.39 is 0 Å². The van der Waals surface area contributed by atoms with Crippen LogP contribution in [0.4, 0.5) is 0 Å². The maximum atomic E-state index is 12.3. The third-order valence-electron chi connectivity index (χ3n) is 4.08. The Bertz CT molecular complexity index is 748. The van der Waals surface area contributed by atoms with E-state index >= 15 is 0 Å². The van der Waals surface area contributed by atoms with E-state index in [0.717, 1.165) is 24.2 Å². The standard InChI is InChI=1S/C21H23NO2/c1-21(2)13-12-17-15-18(10-11-19(17)24-21)20(23)22-14-6-9-16-7-4-3-5-8-16/h3-5,7-8,10-13,15H,6,9,14H2,1-2H3,(H,22,23). The first kappa shape index (κ1) is 16.3. The summed E-state index contributed by atoms with van der Waals surface area (Å²) >= 11 is 0. The highest BCUT2D eigenvalue weighted by Crippen LogP contribution is 2.31. The third-order valence-corrected chi connectivity index (χ3v) is 4.08. The lowest BCUT2D eigenvalue weighted by molar-refractivity contribution is 0.0953. The zero-order valence-corrected chi connectivity index (χ0v) is 14.2. The van der Waals surface area contributed by atoms with Crippen molar-refractivity contribution >= 4 is 12.0 Å². The highest BCUT2D eigenvalue weighted by molar-refractivity contribution is 5.95. The number of aryl methyl sites for hydroxylation is 1. The fourth-order valence-corrected chi connectivity index (χ4v) is 2.76. The normalized spacial score (nSPS) is 14.6. The quantitative estimate of drug-likeness (QED) is 0.837. The first-order chi connectivity index (χ1) is 11.5. The van der Waals surface area contributed by atoms with Crippen molar-refractivity contribution in [1.82, 2.24) is 5.32 Å². The lowest BCUT2D eigenvalue weighted by Crippen LogP contribution is -2.28. The summed E-state index contributed by atoms with van der Waals surface area (Å²) in [5, 5.41) is 2.99. The molecule has 3 rings (SSSR count). The van der Waals surface area contributed by atoms with Crippen LogP contribution in [0, 0.1) is 0 Å². The van der Waals surface area contributed by atoms with E-state index in [4.69, 9.17) is 4.74 Å². The van der Waals surface area contributed by atoms with E-state index in [-0.39, 0.29) is 11.5 Å². The summed E-state index contributed by atoms with van der Waals surface area (Å²) in [6.45, 7) is 4.70. The molecule has 1 heterocycles. The van der Waals surface area contributed by atoms with Gasteiger partial charge in [-0.3, -0.25) is 4.79 Å². The van der Waals surface area contributed by atoms with Gasteiger partial charge in [0, 0.05) is 17.7 Å². The monoisotopic (exact) mass is 321 g/mol. The van der Waals surface area contributed by atoms with Gasteiger partial charge >= 0.3 is 0 Å². The van der Waals surface area contributed by atoms with Gasteiger partial charge in [-0.15, -0.1) is 0 Å². The molecule has 3 nitrogen and oxygen atoms in total. The Morgan fingerprint density at radius 1 is 1.12 bits per heavy atom. The minimum Gasteiger partial charge on any atom is -0.483 e. The van der Waals surface area contributed by atoms with Crippen LogP contribution in [0.5, 0.6) is 5.75 Å². The van der Waals surface area contributed by atoms with Crippen LogP contribution in [0.25, 0.3) is 6.08 Å². The van der Waals surface area contributed by atoms with Crippen LogP contribution >= 0.6 is 0 Å². The summed E-state index contributed by atoms with van der Waals surface area (Å²) in [4.78, 5) is 12.3. The lowest BCUT2D eigenvalue weighted by atomic mass is 10.0. The summed E-state index contributed by atoms with van der Waals surface area (Å²) in [5.74, 6) is 0.784. The second-order valence-electron chi connectivity index (χ2n) is 6.64. The average molecular weight is 321 g/mol. The van der Waals surface area contributed by atoms with Crippen LogP contribution in [0.2, 0.25) is 0 Å². The fraction of sp³-hybridized carbons (Fsp3) is 0.286. The molecule has 1 aliphatic heterocycles. The Hall–Kier alpha value is -2.55. The maximum absolute atomic E-state index is 12.3. The number of ether oxygens (including phenoxy) is 1. The van der Waals surface area contributed by atoms with E-state index in [0.29, 0.717) is 12.1 Å². The minimum atomic E-state index is -0.297. The van der Waals surface area contributed by atoms with E-state index in [9.17, 15) is 4.79 Å². The Labute approximate surface area is 143 Å². The summed E-state index contributed by atoms with van der Waals surface area (Å²) in [6.07, 6.45) is 5.93. The van der Waals surface area contributed by atoms with Crippen molar-refractivity contribution in [2.75, 3.05) is 6.54 Å². The van der Waals surface area contributed by atoms with Crippen molar-refractivity contribution in [3.05, 3.63) is 71.3 Å². The first-order valence-electron chi connectivity index (χ1n) is 8.38. The van der Waals surface area contributed by atoms with Crippen molar-refractivity contribution in [2.24, 2.45) is 0 Å². The van der Waals surface area contributed by atoms with Crippen molar-refractivity contribution in [2.45, 2.75) is 32.3 Å². The van der Waals surface area contributed by atoms with Gasteiger partial charge < -0.3 is 10.1 Å². The minimum absolute atomic E-state index is 0.0379. The van der Waals surface area contributed by atoms with E-state index in [1.807, 2.05) is 62.4 Å². The Morgan fingerprint density at radius 2 is 1.92 bits per heavy atom. The van der Waals surface area contributed by atoms with Crippen LogP contribution in [0.3, 0.4) is 0 Å². The van der Waals surface area contributed by atoms with E-state index in [2.05, 4.69) is 17.4 Å². The highest BCUT2D eigenvalue weighted by Gasteiger charge is 2.22. The van der Waals surface area contributed by atoms with Crippen molar-refractivity contribution in [1.29, 1.82) is 0 Å². The Kier molecular flexibility index (Phi) is 4.70. The molecule has 0 saturated heterocycles. The molecule has 3 heteroatoms. The summed E-state index contributed by atoms with van der Waals surface area (Å²) in [5.41, 5.74) is 2.62. The van der Waals surface area contributed by atoms with Crippen molar-refractivity contribution in [3.8, 4) is 5.75 Å². The van der Waals surface area contributed by atoms with Gasteiger partial charge in [0.1, 0.15) is 11.4 Å². The Balaban J connectivity index is 1.54. The molecular weight excluding hydrogens is 298 g/mol. The van der Waals surface area contributed by atoms with Crippen LogP contribution in [-0.2, 0) is 6.42 Å². The number of hydrogen-bond acceptors (Lipinski definition) is 2. The molecule has 1 aliphatic rings. The number of carbonyl (C=O) groups excluding carboxylic acids is 1. The maximum Gasteiger partial charge on any atom is 0.251 e. The van der Waals surface area contributed by atoms with Gasteiger partial charge in [-0.2, -0.15) is 0 Å². The number of carbonyl (C=O) groups is 1. The molecule has 0 radical (unpaired) electrons. The average Bonchev–Trinajstić information content (AvgIpc) is 2.58. The molecule has 0 aromatic heterocycles. The zero-order chi connectivity index (χ0) is 17.0. The van der Waals surface area contributed by atoms with Gasteiger partial charge in [-0.05, 0) is 56.5 Å². The highest BCUT2D eigenvalue weighted by atomic mass is 16.5. The summed E-state index contributed by atoms with van der Waals surface area (Å²) in [6, 6.07) is 15.9. The van der Waals surface area contributed by atoms with Crippen LogP contribution in [0.1, 0.15) is 41.8 Å². The van der Waals surface area contributed by atoms with Gasteiger partial charge in [0.05, 0.1) is 0 Å². The molecule has 0 unspecified atom stereocenters. The van der Waals surface area contributed by atoms with Gasteiger partial charge in [-0.25, -0.2) is 0 Å². The number of rotatable bonds is 5. The molecule has 24 heavy (non-hydrogen) atoms. The van der Waals surface area contributed by atoms with Crippen LogP contribution in [-0.4, -0.2) is 18.1 Å². The van der Waals surface area contributed by atoms with E-state index in [1.165, 1.54) is 5.56 Å². The predicted molar refractivity (Wildman–Crippen MR) is 97.3 cm³/mol. The first-order valence-corrected chi connectivity index (χ1v) is 8.38. The molecule has 2 aromatic carbocycles. The molecular formula is C21H23NO2. The Morgan fingerprint density at radius 3 is 2.71 bits per heavy atom. The van der Waals surface area contributed by atoms with Crippen LogP contribution in [0.15, 0.2) is 54.6 Å². The van der Waals surface area contributed by atoms with Gasteiger partial charge in [0.25, 0.3) is 5.91 Å². The largest absolute Gasteiger partial charge is 0.483 e. The lowest BCUT2D eigenvalue weighted by Gasteiger charge is -2.27. The smallest absolute Gasteiger partial charge is 0.251 e. The molecule has 0 atom stereocenters. The molecule has 124 valence electrons. The predicted octanol–water partition coefficient (Wildman–Crippen LogP) is 4.23. The van der Waals surface area contributed by atoms with Gasteiger partial charge in [0.2, 0.25) is 0 Å². The van der Waals surface area contributed by atoms with Gasteiger partial charge in [0.15, 0.2) is 0 Å². The van der Waals surface area contributed by atoms with Crippen LogP contribution < -0.4 is 10.1 Å². The number of nitrogens with one attached hydrogen (secondary N) is 1. The molecule has 0 bridgehead atoms. The molecule has 0 fully saturated rings. The SMILES string of the molecule is CC1(C)C=Cc2cc(C(=O)NCCCc3ccccc3)ccc2O1. The second kappa shape index (κ2) is 6.91. The number of amides is 1. The van der Waals surface area contributed by atoms with Crippen molar-refractivity contribution < 1.29 is 9.53 Å². The fourth-order valence-electron chi connectivity index (χ4n) is 2.76. The molecule has 1 amide bonds. The van der Waals surface area contributed by atoms with Crippen molar-refractivity contribution in [3.63, 3.8) is 0 Å². The molecule has 0 spiro atoms. The molecule has 0 saturated carbocycles. The number of benzene rings is 2. The second-order valence-corrected chi connectivity index (χ2v) is 6.64. The van der Waals surface area contributed by atoms with Gasteiger partial charge in [-0.1, -0.05) is 36.4 Å². The number of fused-ring (bicyclic) bond motifs is 1. The molecule has 0 aliphatic carbocycles. The molecule has 2 aromatic rings.